The van der Waals surface area contributed by atoms with E-state index in [-0.39, 0.29) is 18.1 Å². The summed E-state index contributed by atoms with van der Waals surface area (Å²) in [5, 5.41) is 9.19. The topological polar surface area (TPSA) is 73.4 Å². The number of methoxy groups -OCH3 is 1. The van der Waals surface area contributed by atoms with Crippen molar-refractivity contribution in [2.24, 2.45) is 0 Å². The largest absolute Gasteiger partial charge is 0.423 e. The van der Waals surface area contributed by atoms with Crippen LogP contribution in [0.1, 0.15) is 30.7 Å². The molecule has 1 saturated heterocycles. The second-order valence-electron chi connectivity index (χ2n) is 6.63. The van der Waals surface area contributed by atoms with Gasteiger partial charge in [0.2, 0.25) is 17.7 Å². The minimum atomic E-state index is -0.213. The van der Waals surface area contributed by atoms with Gasteiger partial charge in [0.15, 0.2) is 0 Å². The van der Waals surface area contributed by atoms with Crippen LogP contribution in [0, 0.1) is 6.92 Å². The minimum absolute atomic E-state index is 0.0106. The quantitative estimate of drug-likeness (QED) is 0.704. The normalized spacial score (nSPS) is 20.2. The van der Waals surface area contributed by atoms with Gasteiger partial charge in [-0.15, -0.1) is 10.2 Å². The monoisotopic (exact) mass is 354 g/mol. The average Bonchev–Trinajstić information content (AvgIpc) is 3.37. The molecule has 0 bridgehead atoms. The summed E-state index contributed by atoms with van der Waals surface area (Å²) in [4.78, 5) is 14.7. The van der Waals surface area contributed by atoms with E-state index in [0.29, 0.717) is 37.7 Å². The number of hydrogen-bond acceptors (Lipinski definition) is 5. The Morgan fingerprint density at radius 2 is 2.15 bits per heavy atom. The number of aromatic nitrogens is 3. The highest BCUT2D eigenvalue weighted by molar-refractivity contribution is 5.81. The number of aryl methyl sites for hydroxylation is 2. The lowest BCUT2D eigenvalue weighted by Crippen LogP contribution is -2.32. The fourth-order valence-electron chi connectivity index (χ4n) is 3.62. The van der Waals surface area contributed by atoms with Gasteiger partial charge in [0, 0.05) is 51.7 Å². The third kappa shape index (κ3) is 3.10. The Labute approximate surface area is 151 Å². The predicted octanol–water partition coefficient (Wildman–Crippen LogP) is 2.71. The summed E-state index contributed by atoms with van der Waals surface area (Å²) < 4.78 is 13.2. The molecular formula is C19H22N4O3. The van der Waals surface area contributed by atoms with E-state index in [2.05, 4.69) is 33.0 Å². The first-order valence-electron chi connectivity index (χ1n) is 8.82. The average molecular weight is 354 g/mol. The Morgan fingerprint density at radius 1 is 1.31 bits per heavy atom. The van der Waals surface area contributed by atoms with Crippen molar-refractivity contribution in [3.05, 3.63) is 48.3 Å². The van der Waals surface area contributed by atoms with E-state index >= 15 is 0 Å². The summed E-state index contributed by atoms with van der Waals surface area (Å²) in [5.41, 5.74) is 1.14. The van der Waals surface area contributed by atoms with Crippen LogP contribution in [0.4, 0.5) is 0 Å². The van der Waals surface area contributed by atoms with Gasteiger partial charge in [0.05, 0.1) is 6.10 Å². The number of carbonyl (C=O) groups excluding carboxylic acids is 1. The Hall–Kier alpha value is -2.67. The maximum Gasteiger partial charge on any atom is 0.239 e. The molecule has 1 fully saturated rings. The van der Waals surface area contributed by atoms with Crippen molar-refractivity contribution in [3.63, 3.8) is 0 Å². The molecule has 7 heteroatoms. The van der Waals surface area contributed by atoms with Gasteiger partial charge in [-0.25, -0.2) is 0 Å². The fourth-order valence-corrected chi connectivity index (χ4v) is 3.62. The molecular weight excluding hydrogens is 332 g/mol. The van der Waals surface area contributed by atoms with Gasteiger partial charge in [-0.1, -0.05) is 18.2 Å². The van der Waals surface area contributed by atoms with E-state index < -0.39 is 0 Å². The van der Waals surface area contributed by atoms with Crippen molar-refractivity contribution in [2.45, 2.75) is 38.5 Å². The molecule has 3 aromatic rings. The maximum atomic E-state index is 12.9. The van der Waals surface area contributed by atoms with Crippen molar-refractivity contribution in [3.8, 4) is 0 Å². The Bertz CT molecular complexity index is 916. The summed E-state index contributed by atoms with van der Waals surface area (Å²) in [6.45, 7) is 2.94. The van der Waals surface area contributed by atoms with Crippen LogP contribution in [-0.2, 0) is 16.1 Å². The number of amides is 1. The zero-order valence-electron chi connectivity index (χ0n) is 15.0. The van der Waals surface area contributed by atoms with Gasteiger partial charge in [-0.3, -0.25) is 4.79 Å². The fraction of sp³-hybridized carbons (Fsp3) is 0.421. The van der Waals surface area contributed by atoms with Gasteiger partial charge in [-0.05, 0) is 17.5 Å². The van der Waals surface area contributed by atoms with Crippen molar-refractivity contribution in [2.75, 3.05) is 13.7 Å². The molecule has 0 N–H and O–H groups in total. The highest BCUT2D eigenvalue weighted by Crippen LogP contribution is 2.33. The van der Waals surface area contributed by atoms with Gasteiger partial charge in [0.1, 0.15) is 6.04 Å². The third-order valence-electron chi connectivity index (χ3n) is 4.99. The molecule has 2 atom stereocenters. The molecule has 0 spiro atoms. The summed E-state index contributed by atoms with van der Waals surface area (Å²) in [7, 11) is 1.67. The van der Waals surface area contributed by atoms with Crippen LogP contribution in [-0.4, -0.2) is 45.3 Å². The van der Waals surface area contributed by atoms with Gasteiger partial charge in [0.25, 0.3) is 0 Å². The van der Waals surface area contributed by atoms with Crippen molar-refractivity contribution < 1.29 is 13.9 Å². The molecule has 1 aromatic carbocycles. The van der Waals surface area contributed by atoms with Gasteiger partial charge in [-0.2, -0.15) is 0 Å². The SMILES string of the molecule is CO[C@@H]1C[C@H](c2nnc(C)o2)N(C(=O)CCn2ccc3ccccc32)C1. The van der Waals surface area contributed by atoms with E-state index in [1.807, 2.05) is 23.2 Å². The first-order chi connectivity index (χ1) is 12.7. The molecule has 4 rings (SSSR count). The first-order valence-corrected chi connectivity index (χ1v) is 8.82. The molecule has 0 radical (unpaired) electrons. The molecule has 2 aromatic heterocycles. The Morgan fingerprint density at radius 3 is 2.92 bits per heavy atom. The molecule has 0 saturated carbocycles. The van der Waals surface area contributed by atoms with Crippen LogP contribution in [0.2, 0.25) is 0 Å². The molecule has 136 valence electrons. The molecule has 7 nitrogen and oxygen atoms in total. The molecule has 3 heterocycles. The summed E-state index contributed by atoms with van der Waals surface area (Å²) in [6.07, 6.45) is 3.11. The Balaban J connectivity index is 1.48. The Kier molecular flexibility index (Phi) is 4.46. The standard InChI is InChI=1S/C19H22N4O3/c1-13-20-21-19(26-13)17-11-15(25-2)12-23(17)18(24)8-10-22-9-7-14-5-3-4-6-16(14)22/h3-7,9,15,17H,8,10-12H2,1-2H3/t15-,17-/m1/s1. The number of fused-ring (bicyclic) bond motifs is 1. The summed E-state index contributed by atoms with van der Waals surface area (Å²) >= 11 is 0. The number of rotatable bonds is 5. The van der Waals surface area contributed by atoms with Crippen LogP contribution in [0.25, 0.3) is 10.9 Å². The van der Waals surface area contributed by atoms with Crippen molar-refractivity contribution >= 4 is 16.8 Å². The highest BCUT2D eigenvalue weighted by Gasteiger charge is 2.39. The smallest absolute Gasteiger partial charge is 0.239 e. The van der Waals surface area contributed by atoms with Crippen LogP contribution in [0.3, 0.4) is 0 Å². The number of benzene rings is 1. The number of nitrogens with zero attached hydrogens (tertiary/aromatic N) is 4. The second kappa shape index (κ2) is 6.92. The van der Waals surface area contributed by atoms with E-state index in [1.54, 1.807) is 14.0 Å². The number of likely N-dealkylation sites (tertiary alicyclic amines) is 1. The van der Waals surface area contributed by atoms with E-state index in [0.717, 1.165) is 5.52 Å². The molecule has 0 unspecified atom stereocenters. The number of carbonyl (C=O) groups is 1. The van der Waals surface area contributed by atoms with Crippen LogP contribution >= 0.6 is 0 Å². The van der Waals surface area contributed by atoms with Crippen LogP contribution in [0.15, 0.2) is 40.9 Å². The lowest BCUT2D eigenvalue weighted by molar-refractivity contribution is -0.133. The van der Waals surface area contributed by atoms with Crippen LogP contribution in [0.5, 0.6) is 0 Å². The van der Waals surface area contributed by atoms with Crippen molar-refractivity contribution in [1.29, 1.82) is 0 Å². The highest BCUT2D eigenvalue weighted by atomic mass is 16.5. The van der Waals surface area contributed by atoms with Crippen LogP contribution < -0.4 is 0 Å². The van der Waals surface area contributed by atoms with Crippen molar-refractivity contribution in [1.82, 2.24) is 19.7 Å². The molecule has 26 heavy (non-hydrogen) atoms. The minimum Gasteiger partial charge on any atom is -0.423 e. The van der Waals surface area contributed by atoms with E-state index in [4.69, 9.17) is 9.15 Å². The summed E-state index contributed by atoms with van der Waals surface area (Å²) in [6, 6.07) is 10.0. The van der Waals surface area contributed by atoms with E-state index in [9.17, 15) is 4.79 Å². The maximum absolute atomic E-state index is 12.9. The number of ether oxygens (including phenoxy) is 1. The lowest BCUT2D eigenvalue weighted by atomic mass is 10.2. The van der Waals surface area contributed by atoms with Gasteiger partial charge >= 0.3 is 0 Å². The first kappa shape index (κ1) is 16.8. The number of hydrogen-bond donors (Lipinski definition) is 0. The van der Waals surface area contributed by atoms with Gasteiger partial charge < -0.3 is 18.6 Å². The summed E-state index contributed by atoms with van der Waals surface area (Å²) in [5.74, 6) is 1.07. The lowest BCUT2D eigenvalue weighted by Gasteiger charge is -2.22. The van der Waals surface area contributed by atoms with E-state index in [1.165, 1.54) is 5.39 Å². The third-order valence-corrected chi connectivity index (χ3v) is 4.99. The molecule has 0 aliphatic carbocycles. The number of para-hydroxylation sites is 1. The zero-order chi connectivity index (χ0) is 18.1. The molecule has 1 amide bonds. The predicted molar refractivity (Wildman–Crippen MR) is 95.5 cm³/mol. The second-order valence-corrected chi connectivity index (χ2v) is 6.63. The molecule has 1 aliphatic heterocycles. The zero-order valence-corrected chi connectivity index (χ0v) is 15.0. The molecule has 1 aliphatic rings.